The van der Waals surface area contributed by atoms with Crippen LogP contribution in [0.25, 0.3) is 0 Å². The second-order valence-electron chi connectivity index (χ2n) is 4.78. The lowest BCUT2D eigenvalue weighted by molar-refractivity contribution is 0.201. The van der Waals surface area contributed by atoms with Crippen LogP contribution >= 0.6 is 23.8 Å². The summed E-state index contributed by atoms with van der Waals surface area (Å²) in [7, 11) is 1.60. The molecule has 1 aromatic carbocycles. The summed E-state index contributed by atoms with van der Waals surface area (Å²) in [4.78, 5) is 0. The zero-order valence-corrected chi connectivity index (χ0v) is 13.3. The molecule has 0 saturated heterocycles. The fourth-order valence-electron chi connectivity index (χ4n) is 2.25. The number of nitrogens with zero attached hydrogens (tertiary/aromatic N) is 1. The van der Waals surface area contributed by atoms with E-state index < -0.39 is 0 Å². The number of ether oxygens (including phenoxy) is 2. The molecule has 0 heterocycles. The molecule has 0 unspecified atom stereocenters. The van der Waals surface area contributed by atoms with E-state index in [1.54, 1.807) is 19.2 Å². The summed E-state index contributed by atoms with van der Waals surface area (Å²) in [6, 6.07) is 3.53. The summed E-state index contributed by atoms with van der Waals surface area (Å²) in [6.45, 7) is 0. The van der Waals surface area contributed by atoms with Crippen molar-refractivity contribution in [2.24, 2.45) is 10.8 Å². The Balaban J connectivity index is 2.17. The van der Waals surface area contributed by atoms with Crippen LogP contribution in [0, 0.1) is 0 Å². The number of methoxy groups -OCH3 is 1. The molecule has 0 radical (unpaired) electrons. The molecule has 0 atom stereocenters. The monoisotopic (exact) mass is 327 g/mol. The molecule has 1 saturated carbocycles. The second-order valence-corrected chi connectivity index (χ2v) is 5.63. The van der Waals surface area contributed by atoms with Crippen LogP contribution in [0.5, 0.6) is 11.5 Å². The van der Waals surface area contributed by atoms with E-state index in [4.69, 9.17) is 26.8 Å². The highest BCUT2D eigenvalue weighted by Crippen LogP contribution is 2.35. The van der Waals surface area contributed by atoms with E-state index in [0.717, 1.165) is 12.8 Å². The maximum Gasteiger partial charge on any atom is 0.184 e. The van der Waals surface area contributed by atoms with Crippen molar-refractivity contribution in [2.45, 2.75) is 31.8 Å². The molecule has 1 fully saturated rings. The van der Waals surface area contributed by atoms with Crippen molar-refractivity contribution in [1.82, 2.24) is 5.43 Å². The highest BCUT2D eigenvalue weighted by Gasteiger charge is 2.19. The summed E-state index contributed by atoms with van der Waals surface area (Å²) in [5.74, 6) is 1.29. The van der Waals surface area contributed by atoms with Gasteiger partial charge in [-0.1, -0.05) is 11.6 Å². The van der Waals surface area contributed by atoms with Crippen molar-refractivity contribution in [3.8, 4) is 11.5 Å². The van der Waals surface area contributed by atoms with Gasteiger partial charge in [0.25, 0.3) is 0 Å². The standard InChI is InChI=1S/C14H18ClN3O2S/c1-19-12-6-9(8-17-18-14(16)21)11(15)7-13(12)20-10-4-2-3-5-10/h6-8,10H,2-5H2,1H3,(H3,16,18,21). The highest BCUT2D eigenvalue weighted by atomic mass is 35.5. The molecule has 0 aliphatic heterocycles. The Bertz CT molecular complexity index is 545. The molecule has 0 aromatic heterocycles. The lowest BCUT2D eigenvalue weighted by Gasteiger charge is -2.16. The molecule has 114 valence electrons. The summed E-state index contributed by atoms with van der Waals surface area (Å²) in [5, 5.41) is 4.51. The molecule has 5 nitrogen and oxygen atoms in total. The minimum absolute atomic E-state index is 0.0931. The topological polar surface area (TPSA) is 68.9 Å². The lowest BCUT2D eigenvalue weighted by atomic mass is 10.2. The molecule has 0 amide bonds. The zero-order valence-electron chi connectivity index (χ0n) is 11.8. The second kappa shape index (κ2) is 7.47. The van der Waals surface area contributed by atoms with Crippen molar-refractivity contribution >= 4 is 35.1 Å². The van der Waals surface area contributed by atoms with Crippen LogP contribution in [0.1, 0.15) is 31.2 Å². The first kappa shape index (κ1) is 15.9. The van der Waals surface area contributed by atoms with E-state index in [2.05, 4.69) is 22.7 Å². The predicted octanol–water partition coefficient (Wildman–Crippen LogP) is 2.84. The Labute approximate surface area is 134 Å². The van der Waals surface area contributed by atoms with Gasteiger partial charge in [-0.15, -0.1) is 0 Å². The number of halogens is 1. The van der Waals surface area contributed by atoms with Crippen LogP contribution in [0.3, 0.4) is 0 Å². The van der Waals surface area contributed by atoms with E-state index in [9.17, 15) is 0 Å². The van der Waals surface area contributed by atoms with Crippen LogP contribution in [0.2, 0.25) is 5.02 Å². The Hall–Kier alpha value is -1.53. The molecule has 0 bridgehead atoms. The first-order valence-corrected chi connectivity index (χ1v) is 7.51. The molecule has 7 heteroatoms. The van der Waals surface area contributed by atoms with E-state index in [0.29, 0.717) is 22.1 Å². The number of nitrogens with one attached hydrogen (secondary N) is 1. The number of nitrogens with two attached hydrogens (primary N) is 1. The van der Waals surface area contributed by atoms with Crippen molar-refractivity contribution < 1.29 is 9.47 Å². The third-order valence-corrected chi connectivity index (χ3v) is 3.68. The maximum atomic E-state index is 6.24. The molecule has 3 N–H and O–H groups in total. The average Bonchev–Trinajstić information content (AvgIpc) is 2.93. The van der Waals surface area contributed by atoms with Gasteiger partial charge in [0, 0.05) is 11.6 Å². The minimum atomic E-state index is 0.0931. The van der Waals surface area contributed by atoms with E-state index in [-0.39, 0.29) is 11.2 Å². The van der Waals surface area contributed by atoms with Gasteiger partial charge in [0.05, 0.1) is 24.5 Å². The summed E-state index contributed by atoms with van der Waals surface area (Å²) < 4.78 is 11.3. The van der Waals surface area contributed by atoms with Crippen LogP contribution in [-0.4, -0.2) is 24.5 Å². The smallest absolute Gasteiger partial charge is 0.184 e. The van der Waals surface area contributed by atoms with E-state index in [1.165, 1.54) is 19.1 Å². The first-order chi connectivity index (χ1) is 10.1. The molecule has 2 rings (SSSR count). The fourth-order valence-corrected chi connectivity index (χ4v) is 2.51. The van der Waals surface area contributed by atoms with Gasteiger partial charge in [-0.3, -0.25) is 5.43 Å². The summed E-state index contributed by atoms with van der Waals surface area (Å²) in [6.07, 6.45) is 6.32. The number of hydrogen-bond donors (Lipinski definition) is 2. The van der Waals surface area contributed by atoms with E-state index >= 15 is 0 Å². The Morgan fingerprint density at radius 2 is 2.14 bits per heavy atom. The maximum absolute atomic E-state index is 6.24. The van der Waals surface area contributed by atoms with Gasteiger partial charge < -0.3 is 15.2 Å². The van der Waals surface area contributed by atoms with Crippen LogP contribution in [0.4, 0.5) is 0 Å². The Morgan fingerprint density at radius 3 is 2.76 bits per heavy atom. The molecular formula is C14H18ClN3O2S. The van der Waals surface area contributed by atoms with Crippen molar-refractivity contribution in [3.63, 3.8) is 0 Å². The van der Waals surface area contributed by atoms with Crippen LogP contribution in [-0.2, 0) is 0 Å². The molecule has 1 aliphatic rings. The quantitative estimate of drug-likeness (QED) is 0.494. The minimum Gasteiger partial charge on any atom is -0.493 e. The SMILES string of the molecule is COc1cc(C=NNC(N)=S)c(Cl)cc1OC1CCCC1. The van der Waals surface area contributed by atoms with Crippen LogP contribution < -0.4 is 20.6 Å². The average molecular weight is 328 g/mol. The predicted molar refractivity (Wildman–Crippen MR) is 88.4 cm³/mol. The van der Waals surface area contributed by atoms with Gasteiger partial charge in [-0.2, -0.15) is 5.10 Å². The van der Waals surface area contributed by atoms with Crippen LogP contribution in [0.15, 0.2) is 17.2 Å². The number of hydrogen-bond acceptors (Lipinski definition) is 4. The number of rotatable bonds is 5. The van der Waals surface area contributed by atoms with Gasteiger partial charge in [-0.05, 0) is 44.0 Å². The molecule has 21 heavy (non-hydrogen) atoms. The molecule has 1 aromatic rings. The van der Waals surface area contributed by atoms with Gasteiger partial charge in [0.2, 0.25) is 0 Å². The highest BCUT2D eigenvalue weighted by molar-refractivity contribution is 7.80. The van der Waals surface area contributed by atoms with Crippen molar-refractivity contribution in [3.05, 3.63) is 22.7 Å². The Morgan fingerprint density at radius 1 is 1.43 bits per heavy atom. The summed E-state index contributed by atoms with van der Waals surface area (Å²) in [5.41, 5.74) is 8.47. The Kier molecular flexibility index (Phi) is 5.64. The van der Waals surface area contributed by atoms with Gasteiger partial charge >= 0.3 is 0 Å². The normalized spacial score (nSPS) is 15.3. The molecular weight excluding hydrogens is 310 g/mol. The fraction of sp³-hybridized carbons (Fsp3) is 0.429. The number of hydrazone groups is 1. The van der Waals surface area contributed by atoms with Crippen molar-refractivity contribution in [2.75, 3.05) is 7.11 Å². The summed E-state index contributed by atoms with van der Waals surface area (Å²) >= 11 is 10.9. The third-order valence-electron chi connectivity index (χ3n) is 3.26. The van der Waals surface area contributed by atoms with E-state index in [1.807, 2.05) is 0 Å². The first-order valence-electron chi connectivity index (χ1n) is 6.73. The number of thiocarbonyl (C=S) groups is 1. The van der Waals surface area contributed by atoms with Gasteiger partial charge in [0.15, 0.2) is 16.6 Å². The zero-order chi connectivity index (χ0) is 15.2. The van der Waals surface area contributed by atoms with Gasteiger partial charge in [-0.25, -0.2) is 0 Å². The third kappa shape index (κ3) is 4.47. The molecule has 1 aliphatic carbocycles. The lowest BCUT2D eigenvalue weighted by Crippen LogP contribution is -2.24. The van der Waals surface area contributed by atoms with Crippen molar-refractivity contribution in [1.29, 1.82) is 0 Å². The largest absolute Gasteiger partial charge is 0.493 e. The van der Waals surface area contributed by atoms with Gasteiger partial charge in [0.1, 0.15) is 0 Å². The number of benzene rings is 1. The molecule has 0 spiro atoms.